The van der Waals surface area contributed by atoms with Crippen molar-refractivity contribution >= 4 is 11.6 Å². The molecule has 0 aliphatic heterocycles. The van der Waals surface area contributed by atoms with Crippen molar-refractivity contribution in [2.75, 3.05) is 12.3 Å². The van der Waals surface area contributed by atoms with Gasteiger partial charge in [-0.1, -0.05) is 27.7 Å². The van der Waals surface area contributed by atoms with E-state index in [-0.39, 0.29) is 12.5 Å². The zero-order valence-electron chi connectivity index (χ0n) is 12.5. The Morgan fingerprint density at radius 3 is 2.47 bits per heavy atom. The zero-order valence-corrected chi connectivity index (χ0v) is 12.5. The van der Waals surface area contributed by atoms with E-state index in [2.05, 4.69) is 32.8 Å². The predicted molar refractivity (Wildman–Crippen MR) is 77.6 cm³/mol. The van der Waals surface area contributed by atoms with Gasteiger partial charge < -0.3 is 10.6 Å². The molecule has 1 amide bonds. The van der Waals surface area contributed by atoms with Gasteiger partial charge in [0.1, 0.15) is 6.54 Å². The summed E-state index contributed by atoms with van der Waals surface area (Å²) in [5.41, 5.74) is 6.20. The molecule has 0 aliphatic rings. The Kier molecular flexibility index (Phi) is 5.86. The number of amides is 1. The SMILES string of the molecule is CCC(CC)N(CC(C)C)C(=O)Cn1cc(N)cn1. The number of hydrogen-bond donors (Lipinski definition) is 1. The molecule has 0 aromatic carbocycles. The van der Waals surface area contributed by atoms with E-state index < -0.39 is 0 Å². The van der Waals surface area contributed by atoms with E-state index in [0.717, 1.165) is 19.4 Å². The van der Waals surface area contributed by atoms with Gasteiger partial charge in [0, 0.05) is 18.8 Å². The second-order valence-electron chi connectivity index (χ2n) is 5.38. The average molecular weight is 266 g/mol. The zero-order chi connectivity index (χ0) is 14.4. The van der Waals surface area contributed by atoms with Crippen LogP contribution >= 0.6 is 0 Å². The van der Waals surface area contributed by atoms with Crippen LogP contribution < -0.4 is 5.73 Å². The van der Waals surface area contributed by atoms with Crippen LogP contribution in [0.4, 0.5) is 5.69 Å². The highest BCUT2D eigenvalue weighted by Gasteiger charge is 2.22. The molecule has 5 heteroatoms. The number of rotatable bonds is 7. The molecule has 0 atom stereocenters. The number of anilines is 1. The van der Waals surface area contributed by atoms with Gasteiger partial charge in [-0.25, -0.2) is 0 Å². The molecule has 0 spiro atoms. The fourth-order valence-electron chi connectivity index (χ4n) is 2.27. The van der Waals surface area contributed by atoms with Crippen LogP contribution in [0.15, 0.2) is 12.4 Å². The molecule has 0 fully saturated rings. The van der Waals surface area contributed by atoms with Gasteiger partial charge in [0.25, 0.3) is 0 Å². The number of carbonyl (C=O) groups is 1. The number of carbonyl (C=O) groups excluding carboxylic acids is 1. The van der Waals surface area contributed by atoms with Gasteiger partial charge in [0.2, 0.25) is 5.91 Å². The molecular formula is C14H26N4O. The molecule has 0 bridgehead atoms. The lowest BCUT2D eigenvalue weighted by atomic mass is 10.1. The lowest BCUT2D eigenvalue weighted by Gasteiger charge is -2.32. The van der Waals surface area contributed by atoms with Crippen molar-refractivity contribution in [3.05, 3.63) is 12.4 Å². The molecule has 1 heterocycles. The third-order valence-electron chi connectivity index (χ3n) is 3.22. The first-order valence-corrected chi connectivity index (χ1v) is 7.05. The van der Waals surface area contributed by atoms with Crippen LogP contribution in [0.5, 0.6) is 0 Å². The molecule has 1 aromatic heterocycles. The molecule has 0 radical (unpaired) electrons. The largest absolute Gasteiger partial charge is 0.396 e. The topological polar surface area (TPSA) is 64.2 Å². The maximum absolute atomic E-state index is 12.4. The van der Waals surface area contributed by atoms with E-state index in [1.807, 2.05) is 4.90 Å². The molecule has 0 saturated heterocycles. The van der Waals surface area contributed by atoms with Crippen LogP contribution in [0.1, 0.15) is 40.5 Å². The Balaban J connectivity index is 2.75. The minimum Gasteiger partial charge on any atom is -0.396 e. The van der Waals surface area contributed by atoms with Crippen molar-refractivity contribution in [3.8, 4) is 0 Å². The number of aromatic nitrogens is 2. The summed E-state index contributed by atoms with van der Waals surface area (Å²) in [5.74, 6) is 0.581. The van der Waals surface area contributed by atoms with E-state index in [1.54, 1.807) is 17.1 Å². The van der Waals surface area contributed by atoms with Gasteiger partial charge in [-0.2, -0.15) is 5.10 Å². The Morgan fingerprint density at radius 1 is 1.42 bits per heavy atom. The van der Waals surface area contributed by atoms with Crippen LogP contribution in [-0.2, 0) is 11.3 Å². The van der Waals surface area contributed by atoms with E-state index in [9.17, 15) is 4.79 Å². The summed E-state index contributed by atoms with van der Waals surface area (Å²) in [7, 11) is 0. The van der Waals surface area contributed by atoms with E-state index in [4.69, 9.17) is 5.73 Å². The molecule has 19 heavy (non-hydrogen) atoms. The van der Waals surface area contributed by atoms with Crippen LogP contribution in [0.2, 0.25) is 0 Å². The van der Waals surface area contributed by atoms with Gasteiger partial charge in [-0.05, 0) is 18.8 Å². The summed E-state index contributed by atoms with van der Waals surface area (Å²) in [6.07, 6.45) is 5.22. The lowest BCUT2D eigenvalue weighted by molar-refractivity contribution is -0.135. The van der Waals surface area contributed by atoms with Gasteiger partial charge in [-0.3, -0.25) is 9.48 Å². The molecule has 0 unspecified atom stereocenters. The molecule has 108 valence electrons. The predicted octanol–water partition coefficient (Wildman–Crippen LogP) is 2.14. The monoisotopic (exact) mass is 266 g/mol. The minimum absolute atomic E-state index is 0.116. The van der Waals surface area contributed by atoms with Crippen LogP contribution in [0.3, 0.4) is 0 Å². The maximum atomic E-state index is 12.4. The Hall–Kier alpha value is -1.52. The Bertz CT molecular complexity index is 396. The Morgan fingerprint density at radius 2 is 2.05 bits per heavy atom. The molecule has 2 N–H and O–H groups in total. The summed E-state index contributed by atoms with van der Waals surface area (Å²) in [4.78, 5) is 14.4. The van der Waals surface area contributed by atoms with Gasteiger partial charge in [-0.15, -0.1) is 0 Å². The first kappa shape index (κ1) is 15.5. The quantitative estimate of drug-likeness (QED) is 0.822. The van der Waals surface area contributed by atoms with Crippen LogP contribution in [-0.4, -0.2) is 33.2 Å². The fourth-order valence-corrected chi connectivity index (χ4v) is 2.27. The van der Waals surface area contributed by atoms with E-state index in [1.165, 1.54) is 0 Å². The highest BCUT2D eigenvalue weighted by Crippen LogP contribution is 2.13. The number of nitrogen functional groups attached to an aromatic ring is 1. The minimum atomic E-state index is 0.116. The Labute approximate surface area is 115 Å². The van der Waals surface area contributed by atoms with Crippen molar-refractivity contribution in [1.82, 2.24) is 14.7 Å². The highest BCUT2D eigenvalue weighted by molar-refractivity contribution is 5.76. The van der Waals surface area contributed by atoms with Crippen molar-refractivity contribution in [2.24, 2.45) is 5.92 Å². The molecular weight excluding hydrogens is 240 g/mol. The van der Waals surface area contributed by atoms with Crippen molar-refractivity contribution in [1.29, 1.82) is 0 Å². The summed E-state index contributed by atoms with van der Waals surface area (Å²) >= 11 is 0. The first-order valence-electron chi connectivity index (χ1n) is 7.05. The van der Waals surface area contributed by atoms with Crippen molar-refractivity contribution in [2.45, 2.75) is 53.1 Å². The van der Waals surface area contributed by atoms with Gasteiger partial charge in [0.15, 0.2) is 0 Å². The van der Waals surface area contributed by atoms with E-state index >= 15 is 0 Å². The lowest BCUT2D eigenvalue weighted by Crippen LogP contribution is -2.43. The highest BCUT2D eigenvalue weighted by atomic mass is 16.2. The number of nitrogens with zero attached hydrogens (tertiary/aromatic N) is 3. The van der Waals surface area contributed by atoms with E-state index in [0.29, 0.717) is 17.6 Å². The summed E-state index contributed by atoms with van der Waals surface area (Å²) in [6, 6.07) is 0.308. The average Bonchev–Trinajstić information content (AvgIpc) is 2.74. The number of hydrogen-bond acceptors (Lipinski definition) is 3. The summed E-state index contributed by atoms with van der Waals surface area (Å²) in [6.45, 7) is 9.58. The second-order valence-corrected chi connectivity index (χ2v) is 5.38. The molecule has 0 saturated carbocycles. The smallest absolute Gasteiger partial charge is 0.244 e. The maximum Gasteiger partial charge on any atom is 0.244 e. The van der Waals surface area contributed by atoms with Crippen molar-refractivity contribution < 1.29 is 4.79 Å². The van der Waals surface area contributed by atoms with Crippen LogP contribution in [0.25, 0.3) is 0 Å². The first-order chi connectivity index (χ1) is 8.97. The third-order valence-corrected chi connectivity index (χ3v) is 3.22. The second kappa shape index (κ2) is 7.16. The standard InChI is InChI=1S/C14H26N4O/c1-5-13(6-2)18(8-11(3)4)14(19)10-17-9-12(15)7-16-17/h7,9,11,13H,5-6,8,10,15H2,1-4H3. The molecule has 5 nitrogen and oxygen atoms in total. The summed E-state index contributed by atoms with van der Waals surface area (Å²) in [5, 5.41) is 4.07. The fraction of sp³-hybridized carbons (Fsp3) is 0.714. The van der Waals surface area contributed by atoms with Gasteiger partial charge >= 0.3 is 0 Å². The molecule has 1 rings (SSSR count). The number of nitrogens with two attached hydrogens (primary N) is 1. The normalized spacial score (nSPS) is 11.3. The molecule has 0 aliphatic carbocycles. The third kappa shape index (κ3) is 4.58. The van der Waals surface area contributed by atoms with Gasteiger partial charge in [0.05, 0.1) is 11.9 Å². The molecule has 1 aromatic rings. The van der Waals surface area contributed by atoms with Crippen molar-refractivity contribution in [3.63, 3.8) is 0 Å². The van der Waals surface area contributed by atoms with Crippen LogP contribution in [0, 0.1) is 5.92 Å². The summed E-state index contributed by atoms with van der Waals surface area (Å²) < 4.78 is 1.60.